The molecule has 1 heterocycles. The summed E-state index contributed by atoms with van der Waals surface area (Å²) >= 11 is 1.79. The average molecular weight is 225 g/mol. The number of phenolic OH excluding ortho intramolecular Hbond substituents is 1. The van der Waals surface area contributed by atoms with Gasteiger partial charge in [0.05, 0.1) is 13.2 Å². The van der Waals surface area contributed by atoms with Crippen molar-refractivity contribution in [3.8, 4) is 5.75 Å². The van der Waals surface area contributed by atoms with Crippen molar-refractivity contribution < 1.29 is 9.84 Å². The third-order valence-electron chi connectivity index (χ3n) is 2.35. The van der Waals surface area contributed by atoms with Crippen LogP contribution in [-0.4, -0.2) is 42.2 Å². The third kappa shape index (κ3) is 3.41. The smallest absolute Gasteiger partial charge is 0.115 e. The van der Waals surface area contributed by atoms with E-state index in [9.17, 15) is 0 Å². The summed E-state index contributed by atoms with van der Waals surface area (Å²) in [6.07, 6.45) is 0. The topological polar surface area (TPSA) is 32.7 Å². The molecule has 1 N–H and O–H groups in total. The molecule has 0 amide bonds. The molecule has 1 saturated heterocycles. The number of nitrogens with zero attached hydrogens (tertiary/aromatic N) is 1. The summed E-state index contributed by atoms with van der Waals surface area (Å²) in [6, 6.07) is 7.34. The maximum atomic E-state index is 9.14. The lowest BCUT2D eigenvalue weighted by atomic mass is 10.3. The number of phenols is 1. The fraction of sp³-hybridized carbons (Fsp3) is 0.455. The molecule has 1 aromatic rings. The van der Waals surface area contributed by atoms with E-state index in [4.69, 9.17) is 9.84 Å². The van der Waals surface area contributed by atoms with Gasteiger partial charge in [-0.3, -0.25) is 4.90 Å². The van der Waals surface area contributed by atoms with Crippen molar-refractivity contribution in [3.05, 3.63) is 24.3 Å². The number of hydrogen-bond donors (Lipinski definition) is 1. The van der Waals surface area contributed by atoms with E-state index in [1.807, 2.05) is 12.1 Å². The van der Waals surface area contributed by atoms with Crippen LogP contribution in [0.5, 0.6) is 5.75 Å². The van der Waals surface area contributed by atoms with Crippen LogP contribution in [0, 0.1) is 0 Å². The Hall–Kier alpha value is -0.710. The second-order valence-electron chi connectivity index (χ2n) is 3.50. The predicted octanol–water partition coefficient (Wildman–Crippen LogP) is 1.77. The van der Waals surface area contributed by atoms with Crippen LogP contribution in [0.4, 0.5) is 0 Å². The number of thioether (sulfide) groups is 1. The number of rotatable bonds is 3. The molecule has 0 bridgehead atoms. The number of hydrogen-bond acceptors (Lipinski definition) is 4. The van der Waals surface area contributed by atoms with Gasteiger partial charge in [-0.1, -0.05) is 0 Å². The quantitative estimate of drug-likeness (QED) is 0.795. The minimum absolute atomic E-state index is 0.325. The molecule has 0 atom stereocenters. The van der Waals surface area contributed by atoms with Gasteiger partial charge in [0.1, 0.15) is 5.75 Å². The van der Waals surface area contributed by atoms with Crippen molar-refractivity contribution >= 4 is 11.8 Å². The third-order valence-corrected chi connectivity index (χ3v) is 3.45. The monoisotopic (exact) mass is 225 g/mol. The average Bonchev–Trinajstić information content (AvgIpc) is 2.30. The summed E-state index contributed by atoms with van der Waals surface area (Å²) in [5.74, 6) is 1.32. The lowest BCUT2D eigenvalue weighted by Crippen LogP contribution is -2.35. The first-order chi connectivity index (χ1) is 7.34. The Balaban J connectivity index is 1.79. The first kappa shape index (κ1) is 10.8. The first-order valence-electron chi connectivity index (χ1n) is 5.06. The largest absolute Gasteiger partial charge is 0.508 e. The van der Waals surface area contributed by atoms with E-state index in [0.717, 1.165) is 32.2 Å². The van der Waals surface area contributed by atoms with Crippen LogP contribution >= 0.6 is 11.8 Å². The molecule has 1 aliphatic heterocycles. The van der Waals surface area contributed by atoms with Gasteiger partial charge >= 0.3 is 0 Å². The molecule has 1 fully saturated rings. The molecular weight excluding hydrogens is 210 g/mol. The zero-order valence-corrected chi connectivity index (χ0v) is 9.37. The maximum Gasteiger partial charge on any atom is 0.115 e. The van der Waals surface area contributed by atoms with Crippen LogP contribution < -0.4 is 0 Å². The standard InChI is InChI=1S/C11H15NO2S/c13-10-1-3-11(4-2-10)15-9-12-5-7-14-8-6-12/h1-4,13H,5-9H2. The number of morpholine rings is 1. The van der Waals surface area contributed by atoms with E-state index in [1.165, 1.54) is 4.90 Å². The molecule has 0 spiro atoms. The van der Waals surface area contributed by atoms with Crippen LogP contribution in [0.3, 0.4) is 0 Å². The Kier molecular flexibility index (Phi) is 3.88. The van der Waals surface area contributed by atoms with E-state index in [2.05, 4.69) is 4.90 Å². The van der Waals surface area contributed by atoms with Gasteiger partial charge in [0.25, 0.3) is 0 Å². The Labute approximate surface area is 94.0 Å². The number of benzene rings is 1. The molecule has 82 valence electrons. The normalized spacial score (nSPS) is 17.9. The molecule has 2 rings (SSSR count). The molecule has 3 nitrogen and oxygen atoms in total. The highest BCUT2D eigenvalue weighted by Crippen LogP contribution is 2.21. The zero-order chi connectivity index (χ0) is 10.5. The lowest BCUT2D eigenvalue weighted by molar-refractivity contribution is 0.0474. The van der Waals surface area contributed by atoms with Gasteiger partial charge in [-0.15, -0.1) is 11.8 Å². The highest BCUT2D eigenvalue weighted by Gasteiger charge is 2.09. The van der Waals surface area contributed by atoms with Gasteiger partial charge in [-0.25, -0.2) is 0 Å². The summed E-state index contributed by atoms with van der Waals surface area (Å²) < 4.78 is 5.28. The fourth-order valence-electron chi connectivity index (χ4n) is 1.44. The van der Waals surface area contributed by atoms with E-state index in [1.54, 1.807) is 23.9 Å². The zero-order valence-electron chi connectivity index (χ0n) is 8.56. The molecular formula is C11H15NO2S. The van der Waals surface area contributed by atoms with Crippen LogP contribution in [0.2, 0.25) is 0 Å². The SMILES string of the molecule is Oc1ccc(SCN2CCOCC2)cc1. The maximum absolute atomic E-state index is 9.14. The van der Waals surface area contributed by atoms with Crippen molar-refractivity contribution in [2.24, 2.45) is 0 Å². The minimum atomic E-state index is 0.325. The fourth-order valence-corrected chi connectivity index (χ4v) is 2.36. The van der Waals surface area contributed by atoms with E-state index in [-0.39, 0.29) is 0 Å². The van der Waals surface area contributed by atoms with Gasteiger partial charge in [0.15, 0.2) is 0 Å². The Bertz CT molecular complexity index is 296. The van der Waals surface area contributed by atoms with Crippen molar-refractivity contribution in [1.29, 1.82) is 0 Å². The van der Waals surface area contributed by atoms with Gasteiger partial charge < -0.3 is 9.84 Å². The van der Waals surface area contributed by atoms with Gasteiger partial charge in [-0.05, 0) is 24.3 Å². The predicted molar refractivity (Wildman–Crippen MR) is 61.2 cm³/mol. The molecule has 0 saturated carbocycles. The molecule has 1 aliphatic rings. The molecule has 15 heavy (non-hydrogen) atoms. The lowest BCUT2D eigenvalue weighted by Gasteiger charge is -2.25. The summed E-state index contributed by atoms with van der Waals surface area (Å²) in [7, 11) is 0. The van der Waals surface area contributed by atoms with Crippen molar-refractivity contribution in [2.75, 3.05) is 32.2 Å². The molecule has 0 aromatic heterocycles. The highest BCUT2D eigenvalue weighted by atomic mass is 32.2. The van der Waals surface area contributed by atoms with Crippen LogP contribution in [0.25, 0.3) is 0 Å². The first-order valence-corrected chi connectivity index (χ1v) is 6.05. The Morgan fingerprint density at radius 2 is 1.87 bits per heavy atom. The number of ether oxygens (including phenoxy) is 1. The van der Waals surface area contributed by atoms with Crippen LogP contribution in [0.15, 0.2) is 29.2 Å². The summed E-state index contributed by atoms with van der Waals surface area (Å²) in [5, 5.41) is 9.14. The van der Waals surface area contributed by atoms with Gasteiger partial charge in [0.2, 0.25) is 0 Å². The molecule has 1 aromatic carbocycles. The molecule has 0 unspecified atom stereocenters. The summed E-state index contributed by atoms with van der Waals surface area (Å²) in [5.41, 5.74) is 0. The van der Waals surface area contributed by atoms with E-state index < -0.39 is 0 Å². The van der Waals surface area contributed by atoms with E-state index >= 15 is 0 Å². The van der Waals surface area contributed by atoms with Crippen LogP contribution in [0.1, 0.15) is 0 Å². The summed E-state index contributed by atoms with van der Waals surface area (Å²) in [6.45, 7) is 3.72. The molecule has 4 heteroatoms. The second-order valence-corrected chi connectivity index (χ2v) is 4.52. The van der Waals surface area contributed by atoms with Crippen molar-refractivity contribution in [2.45, 2.75) is 4.90 Å². The van der Waals surface area contributed by atoms with Gasteiger partial charge in [-0.2, -0.15) is 0 Å². The van der Waals surface area contributed by atoms with Crippen LogP contribution in [-0.2, 0) is 4.74 Å². The summed E-state index contributed by atoms with van der Waals surface area (Å²) in [4.78, 5) is 3.57. The Morgan fingerprint density at radius 1 is 1.20 bits per heavy atom. The second kappa shape index (κ2) is 5.39. The number of aromatic hydroxyl groups is 1. The highest BCUT2D eigenvalue weighted by molar-refractivity contribution is 7.99. The minimum Gasteiger partial charge on any atom is -0.508 e. The van der Waals surface area contributed by atoms with Crippen molar-refractivity contribution in [3.63, 3.8) is 0 Å². The van der Waals surface area contributed by atoms with Gasteiger partial charge in [0, 0.05) is 23.9 Å². The Morgan fingerprint density at radius 3 is 2.53 bits per heavy atom. The van der Waals surface area contributed by atoms with E-state index in [0.29, 0.717) is 5.75 Å². The molecule has 0 radical (unpaired) electrons. The molecule has 0 aliphatic carbocycles. The van der Waals surface area contributed by atoms with Crippen molar-refractivity contribution in [1.82, 2.24) is 4.90 Å².